The van der Waals surface area contributed by atoms with Crippen LogP contribution >= 0.6 is 12.4 Å². The second kappa shape index (κ2) is 8.20. The van der Waals surface area contributed by atoms with Crippen LogP contribution in [-0.2, 0) is 0 Å². The number of nitro benzene ring substituents is 1. The van der Waals surface area contributed by atoms with E-state index in [1.54, 1.807) is 7.05 Å². The number of carbonyl (C=O) groups excluding carboxylic acids is 1. The van der Waals surface area contributed by atoms with Crippen LogP contribution in [0.25, 0.3) is 5.69 Å². The fourth-order valence-electron chi connectivity index (χ4n) is 1.79. The molecule has 0 aliphatic carbocycles. The number of nitrogens with zero attached hydrogens (tertiary/aromatic N) is 4. The summed E-state index contributed by atoms with van der Waals surface area (Å²) in [5, 5.41) is 20.8. The summed E-state index contributed by atoms with van der Waals surface area (Å²) in [5.41, 5.74) is 0.265. The molecule has 0 spiro atoms. The number of nitro groups is 1. The third-order valence-electron chi connectivity index (χ3n) is 3.16. The molecule has 2 rings (SSSR count). The Balaban J connectivity index is 0.00000264. The predicted octanol–water partition coefficient (Wildman–Crippen LogP) is 0.935. The van der Waals surface area contributed by atoms with E-state index in [0.717, 1.165) is 0 Å². The highest BCUT2D eigenvalue weighted by molar-refractivity contribution is 5.95. The zero-order valence-corrected chi connectivity index (χ0v) is 13.4. The Kier molecular flexibility index (Phi) is 6.61. The number of aromatic nitrogens is 3. The molecule has 0 saturated heterocycles. The second-order valence-electron chi connectivity index (χ2n) is 4.70. The minimum absolute atomic E-state index is 0. The van der Waals surface area contributed by atoms with Gasteiger partial charge in [0, 0.05) is 24.2 Å². The summed E-state index contributed by atoms with van der Waals surface area (Å²) in [6, 6.07) is 4.33. The van der Waals surface area contributed by atoms with Gasteiger partial charge >= 0.3 is 0 Å². The molecule has 10 heteroatoms. The summed E-state index contributed by atoms with van der Waals surface area (Å²) in [5.74, 6) is -0.365. The molecule has 23 heavy (non-hydrogen) atoms. The van der Waals surface area contributed by atoms with E-state index in [0.29, 0.717) is 6.54 Å². The van der Waals surface area contributed by atoms with E-state index in [4.69, 9.17) is 0 Å². The van der Waals surface area contributed by atoms with Crippen LogP contribution in [0.2, 0.25) is 0 Å². The number of carbonyl (C=O) groups is 1. The van der Waals surface area contributed by atoms with E-state index in [2.05, 4.69) is 20.7 Å². The zero-order valence-electron chi connectivity index (χ0n) is 12.6. The van der Waals surface area contributed by atoms with Crippen LogP contribution in [-0.4, -0.2) is 45.2 Å². The molecule has 0 saturated carbocycles. The molecule has 1 atom stereocenters. The lowest BCUT2D eigenvalue weighted by atomic mass is 10.1. The average Bonchev–Trinajstić information content (AvgIpc) is 3.05. The molecule has 1 aromatic carbocycles. The Hall–Kier alpha value is -2.52. The Morgan fingerprint density at radius 2 is 2.22 bits per heavy atom. The van der Waals surface area contributed by atoms with Gasteiger partial charge in [-0.05, 0) is 26.1 Å². The van der Waals surface area contributed by atoms with Crippen molar-refractivity contribution in [2.45, 2.75) is 13.0 Å². The minimum atomic E-state index is -0.552. The predicted molar refractivity (Wildman–Crippen MR) is 86.1 cm³/mol. The topological polar surface area (TPSA) is 115 Å². The van der Waals surface area contributed by atoms with Crippen molar-refractivity contribution < 1.29 is 9.72 Å². The smallest absolute Gasteiger partial charge is 0.295 e. The van der Waals surface area contributed by atoms with Crippen LogP contribution in [0.4, 0.5) is 5.69 Å². The molecule has 0 radical (unpaired) electrons. The van der Waals surface area contributed by atoms with Crippen molar-refractivity contribution in [2.24, 2.45) is 0 Å². The third kappa shape index (κ3) is 4.47. The van der Waals surface area contributed by atoms with Crippen molar-refractivity contribution in [2.75, 3.05) is 13.6 Å². The Morgan fingerprint density at radius 1 is 1.48 bits per heavy atom. The van der Waals surface area contributed by atoms with Gasteiger partial charge in [-0.25, -0.2) is 9.67 Å². The first kappa shape index (κ1) is 18.5. The van der Waals surface area contributed by atoms with Crippen molar-refractivity contribution in [3.63, 3.8) is 0 Å². The van der Waals surface area contributed by atoms with Crippen LogP contribution in [0.1, 0.15) is 17.3 Å². The highest BCUT2D eigenvalue weighted by Gasteiger charge is 2.19. The number of halogens is 1. The lowest BCUT2D eigenvalue weighted by Gasteiger charge is -2.11. The SMILES string of the molecule is CNC(C)CNC(=O)c1ccc(-n2cncn2)c([N+](=O)[O-])c1.Cl. The lowest BCUT2D eigenvalue weighted by molar-refractivity contribution is -0.384. The Morgan fingerprint density at radius 3 is 2.78 bits per heavy atom. The molecular weight excluding hydrogens is 324 g/mol. The number of hydrogen-bond acceptors (Lipinski definition) is 6. The van der Waals surface area contributed by atoms with E-state index in [1.165, 1.54) is 35.5 Å². The fourth-order valence-corrected chi connectivity index (χ4v) is 1.79. The van der Waals surface area contributed by atoms with Gasteiger partial charge in [0.1, 0.15) is 18.3 Å². The number of likely N-dealkylation sites (N-methyl/N-ethyl adjacent to an activating group) is 1. The van der Waals surface area contributed by atoms with Crippen molar-refractivity contribution >= 4 is 24.0 Å². The molecule has 0 fully saturated rings. The van der Waals surface area contributed by atoms with E-state index in [1.807, 2.05) is 6.92 Å². The molecule has 2 aromatic rings. The van der Waals surface area contributed by atoms with Gasteiger partial charge in [0.15, 0.2) is 0 Å². The molecule has 124 valence electrons. The first-order valence-corrected chi connectivity index (χ1v) is 6.62. The quantitative estimate of drug-likeness (QED) is 0.597. The number of rotatable bonds is 6. The van der Waals surface area contributed by atoms with Gasteiger partial charge in [-0.1, -0.05) is 0 Å². The minimum Gasteiger partial charge on any atom is -0.350 e. The van der Waals surface area contributed by atoms with E-state index in [9.17, 15) is 14.9 Å². The molecule has 1 heterocycles. The van der Waals surface area contributed by atoms with Gasteiger partial charge in [-0.3, -0.25) is 14.9 Å². The van der Waals surface area contributed by atoms with Crippen molar-refractivity contribution in [3.05, 3.63) is 46.5 Å². The normalized spacial score (nSPS) is 11.4. The molecular formula is C13H17ClN6O3. The maximum atomic E-state index is 12.0. The summed E-state index contributed by atoms with van der Waals surface area (Å²) in [6.45, 7) is 2.34. The lowest BCUT2D eigenvalue weighted by Crippen LogP contribution is -2.37. The maximum absolute atomic E-state index is 12.0. The first-order chi connectivity index (χ1) is 10.5. The summed E-state index contributed by atoms with van der Waals surface area (Å²) in [7, 11) is 1.79. The van der Waals surface area contributed by atoms with E-state index in [-0.39, 0.29) is 41.3 Å². The number of hydrogen-bond donors (Lipinski definition) is 2. The van der Waals surface area contributed by atoms with Crippen LogP contribution < -0.4 is 10.6 Å². The van der Waals surface area contributed by atoms with Gasteiger partial charge in [-0.15, -0.1) is 12.4 Å². The van der Waals surface area contributed by atoms with Gasteiger partial charge < -0.3 is 10.6 Å². The summed E-state index contributed by atoms with van der Waals surface area (Å²) in [6.07, 6.45) is 2.64. The molecule has 2 N–H and O–H groups in total. The largest absolute Gasteiger partial charge is 0.350 e. The summed E-state index contributed by atoms with van der Waals surface area (Å²) in [4.78, 5) is 26.5. The Bertz CT molecular complexity index is 676. The second-order valence-corrected chi connectivity index (χ2v) is 4.70. The molecule has 0 aliphatic rings. The van der Waals surface area contributed by atoms with E-state index < -0.39 is 4.92 Å². The van der Waals surface area contributed by atoms with Crippen molar-refractivity contribution in [1.29, 1.82) is 0 Å². The van der Waals surface area contributed by atoms with Gasteiger partial charge in [0.25, 0.3) is 11.6 Å². The van der Waals surface area contributed by atoms with Crippen LogP contribution in [0, 0.1) is 10.1 Å². The molecule has 0 aliphatic heterocycles. The van der Waals surface area contributed by atoms with Crippen LogP contribution in [0.3, 0.4) is 0 Å². The standard InChI is InChI=1S/C13H16N6O3.ClH/c1-9(14-2)6-16-13(20)10-3-4-11(12(5-10)19(21)22)18-8-15-7-17-18;/h3-5,7-9,14H,6H2,1-2H3,(H,16,20);1H. The van der Waals surface area contributed by atoms with Crippen LogP contribution in [0.5, 0.6) is 0 Å². The molecule has 9 nitrogen and oxygen atoms in total. The van der Waals surface area contributed by atoms with Crippen LogP contribution in [0.15, 0.2) is 30.9 Å². The molecule has 1 unspecified atom stereocenters. The average molecular weight is 341 g/mol. The Labute approximate surface area is 138 Å². The maximum Gasteiger partial charge on any atom is 0.295 e. The van der Waals surface area contributed by atoms with E-state index >= 15 is 0 Å². The number of nitrogens with one attached hydrogen (secondary N) is 2. The van der Waals surface area contributed by atoms with Gasteiger partial charge in [0.2, 0.25) is 0 Å². The van der Waals surface area contributed by atoms with Gasteiger partial charge in [0.05, 0.1) is 4.92 Å². The van der Waals surface area contributed by atoms with Gasteiger partial charge in [-0.2, -0.15) is 5.10 Å². The highest BCUT2D eigenvalue weighted by Crippen LogP contribution is 2.23. The van der Waals surface area contributed by atoms with Crippen molar-refractivity contribution in [1.82, 2.24) is 25.4 Å². The molecule has 0 bridgehead atoms. The monoisotopic (exact) mass is 340 g/mol. The highest BCUT2D eigenvalue weighted by atomic mass is 35.5. The number of amides is 1. The molecule has 1 amide bonds. The summed E-state index contributed by atoms with van der Waals surface area (Å²) >= 11 is 0. The summed E-state index contributed by atoms with van der Waals surface area (Å²) < 4.78 is 1.28. The molecule has 1 aromatic heterocycles. The number of benzene rings is 1. The zero-order chi connectivity index (χ0) is 16.1. The van der Waals surface area contributed by atoms with Crippen molar-refractivity contribution in [3.8, 4) is 5.69 Å². The first-order valence-electron chi connectivity index (χ1n) is 6.62. The fraction of sp³-hybridized carbons (Fsp3) is 0.308. The third-order valence-corrected chi connectivity index (χ3v) is 3.16.